The van der Waals surface area contributed by atoms with E-state index in [1.165, 1.54) is 0 Å². The number of piperidine rings is 1. The van der Waals surface area contributed by atoms with Crippen molar-refractivity contribution >= 4 is 23.0 Å². The van der Waals surface area contributed by atoms with E-state index in [2.05, 4.69) is 20.2 Å². The van der Waals surface area contributed by atoms with E-state index in [0.717, 1.165) is 43.0 Å². The number of pyridine rings is 1. The summed E-state index contributed by atoms with van der Waals surface area (Å²) in [6.45, 7) is 3.34. The highest BCUT2D eigenvalue weighted by atomic mass is 16.1. The summed E-state index contributed by atoms with van der Waals surface area (Å²) in [5.74, 6) is 0.956. The number of amides is 1. The number of fused-ring (bicyclic) bond motifs is 1. The van der Waals surface area contributed by atoms with Gasteiger partial charge in [-0.3, -0.25) is 9.36 Å². The largest absolute Gasteiger partial charge is 0.352 e. The molecule has 1 aliphatic rings. The van der Waals surface area contributed by atoms with Gasteiger partial charge in [0.1, 0.15) is 5.52 Å². The number of carbonyl (C=O) groups excluding carboxylic acids is 1. The molecule has 1 amide bonds. The molecular formula is C14H19N5O. The minimum Gasteiger partial charge on any atom is -0.352 e. The molecule has 1 fully saturated rings. The first-order chi connectivity index (χ1) is 9.65. The molecule has 2 aromatic heterocycles. The Morgan fingerprint density at radius 2 is 2.35 bits per heavy atom. The third-order valence-electron chi connectivity index (χ3n) is 3.72. The summed E-state index contributed by atoms with van der Waals surface area (Å²) < 4.78 is 2.02. The maximum absolute atomic E-state index is 11.2. The second-order valence-corrected chi connectivity index (χ2v) is 5.30. The Balaban J connectivity index is 1.86. The SMILES string of the molecule is CC(=O)NC1CCCN(c2nc3cccnc3n2C)C1. The number of anilines is 1. The lowest BCUT2D eigenvalue weighted by Crippen LogP contribution is -2.47. The predicted octanol–water partition coefficient (Wildman–Crippen LogP) is 1.07. The molecule has 1 unspecified atom stereocenters. The van der Waals surface area contributed by atoms with Gasteiger partial charge in [-0.15, -0.1) is 0 Å². The molecule has 106 valence electrons. The molecule has 1 aliphatic heterocycles. The molecule has 0 aromatic carbocycles. The van der Waals surface area contributed by atoms with Crippen LogP contribution in [0.1, 0.15) is 19.8 Å². The second-order valence-electron chi connectivity index (χ2n) is 5.30. The molecule has 6 heteroatoms. The molecule has 0 radical (unpaired) electrons. The van der Waals surface area contributed by atoms with E-state index < -0.39 is 0 Å². The standard InChI is InChI=1S/C14H19N5O/c1-10(20)16-11-5-4-8-19(9-11)14-17-12-6-3-7-15-13(12)18(14)2/h3,6-7,11H,4-5,8-9H2,1-2H3,(H,16,20). The van der Waals surface area contributed by atoms with E-state index in [4.69, 9.17) is 0 Å². The molecule has 0 bridgehead atoms. The highest BCUT2D eigenvalue weighted by Gasteiger charge is 2.24. The number of rotatable bonds is 2. The third-order valence-corrected chi connectivity index (χ3v) is 3.72. The fourth-order valence-corrected chi connectivity index (χ4v) is 2.86. The number of aryl methyl sites for hydroxylation is 1. The topological polar surface area (TPSA) is 63.1 Å². The van der Waals surface area contributed by atoms with Crippen molar-refractivity contribution in [3.63, 3.8) is 0 Å². The lowest BCUT2D eigenvalue weighted by Gasteiger charge is -2.33. The molecule has 0 aliphatic carbocycles. The fraction of sp³-hybridized carbons (Fsp3) is 0.500. The van der Waals surface area contributed by atoms with Crippen molar-refractivity contribution in [3.8, 4) is 0 Å². The number of hydrogen-bond donors (Lipinski definition) is 1. The van der Waals surface area contributed by atoms with Gasteiger partial charge in [-0.05, 0) is 25.0 Å². The first kappa shape index (κ1) is 12.9. The van der Waals surface area contributed by atoms with Crippen molar-refractivity contribution in [2.24, 2.45) is 7.05 Å². The summed E-state index contributed by atoms with van der Waals surface area (Å²) in [6, 6.07) is 4.07. The van der Waals surface area contributed by atoms with Gasteiger partial charge in [0.05, 0.1) is 0 Å². The Bertz CT molecular complexity index is 636. The molecule has 3 rings (SSSR count). The minimum absolute atomic E-state index is 0.0310. The third kappa shape index (κ3) is 2.33. The molecule has 1 atom stereocenters. The van der Waals surface area contributed by atoms with Gasteiger partial charge in [-0.2, -0.15) is 0 Å². The summed E-state index contributed by atoms with van der Waals surface area (Å²) in [7, 11) is 1.99. The molecule has 3 heterocycles. The number of nitrogens with zero attached hydrogens (tertiary/aromatic N) is 4. The van der Waals surface area contributed by atoms with Gasteiger partial charge in [0.2, 0.25) is 11.9 Å². The van der Waals surface area contributed by atoms with Crippen LogP contribution in [0.3, 0.4) is 0 Å². The maximum Gasteiger partial charge on any atom is 0.217 e. The van der Waals surface area contributed by atoms with Crippen LogP contribution in [0.5, 0.6) is 0 Å². The quantitative estimate of drug-likeness (QED) is 0.889. The van der Waals surface area contributed by atoms with Crippen molar-refractivity contribution in [1.29, 1.82) is 0 Å². The van der Waals surface area contributed by atoms with Gasteiger partial charge in [0.15, 0.2) is 5.65 Å². The Morgan fingerprint density at radius 1 is 1.50 bits per heavy atom. The Kier molecular flexibility index (Phi) is 3.30. The van der Waals surface area contributed by atoms with Crippen LogP contribution >= 0.6 is 0 Å². The van der Waals surface area contributed by atoms with Crippen LogP contribution in [0.2, 0.25) is 0 Å². The van der Waals surface area contributed by atoms with Crippen LogP contribution in [-0.4, -0.2) is 39.6 Å². The number of carbonyl (C=O) groups is 1. The van der Waals surface area contributed by atoms with Crippen LogP contribution in [0.4, 0.5) is 5.95 Å². The Hall–Kier alpha value is -2.11. The van der Waals surface area contributed by atoms with Crippen molar-refractivity contribution in [1.82, 2.24) is 19.9 Å². The van der Waals surface area contributed by atoms with Crippen LogP contribution in [0, 0.1) is 0 Å². The molecule has 0 saturated carbocycles. The smallest absolute Gasteiger partial charge is 0.217 e. The summed E-state index contributed by atoms with van der Waals surface area (Å²) in [4.78, 5) is 22.5. The highest BCUT2D eigenvalue weighted by Crippen LogP contribution is 2.22. The zero-order valence-corrected chi connectivity index (χ0v) is 11.8. The van der Waals surface area contributed by atoms with Gasteiger partial charge in [-0.1, -0.05) is 0 Å². The number of aromatic nitrogens is 3. The normalized spacial score (nSPS) is 19.3. The zero-order valence-electron chi connectivity index (χ0n) is 11.8. The average molecular weight is 273 g/mol. The monoisotopic (exact) mass is 273 g/mol. The summed E-state index contributed by atoms with van der Waals surface area (Å²) >= 11 is 0. The molecule has 0 spiro atoms. The number of imidazole rings is 1. The van der Waals surface area contributed by atoms with Crippen LogP contribution < -0.4 is 10.2 Å². The zero-order chi connectivity index (χ0) is 14.1. The molecule has 20 heavy (non-hydrogen) atoms. The highest BCUT2D eigenvalue weighted by molar-refractivity contribution is 5.75. The Morgan fingerprint density at radius 3 is 3.10 bits per heavy atom. The fourth-order valence-electron chi connectivity index (χ4n) is 2.86. The summed E-state index contributed by atoms with van der Waals surface area (Å²) in [5, 5.41) is 3.00. The van der Waals surface area contributed by atoms with Crippen molar-refractivity contribution < 1.29 is 4.79 Å². The van der Waals surface area contributed by atoms with E-state index in [0.29, 0.717) is 0 Å². The summed E-state index contributed by atoms with van der Waals surface area (Å²) in [6.07, 6.45) is 3.87. The molecule has 1 N–H and O–H groups in total. The van der Waals surface area contributed by atoms with Crippen LogP contribution in [0.25, 0.3) is 11.2 Å². The van der Waals surface area contributed by atoms with E-state index in [1.807, 2.05) is 23.7 Å². The van der Waals surface area contributed by atoms with Gasteiger partial charge in [0.25, 0.3) is 0 Å². The summed E-state index contributed by atoms with van der Waals surface area (Å²) in [5.41, 5.74) is 1.80. The van der Waals surface area contributed by atoms with Crippen molar-refractivity contribution in [3.05, 3.63) is 18.3 Å². The number of hydrogen-bond acceptors (Lipinski definition) is 4. The van der Waals surface area contributed by atoms with Gasteiger partial charge < -0.3 is 10.2 Å². The molecule has 2 aromatic rings. The van der Waals surface area contributed by atoms with Gasteiger partial charge in [-0.25, -0.2) is 9.97 Å². The van der Waals surface area contributed by atoms with Crippen molar-refractivity contribution in [2.45, 2.75) is 25.8 Å². The minimum atomic E-state index is 0.0310. The van der Waals surface area contributed by atoms with Crippen molar-refractivity contribution in [2.75, 3.05) is 18.0 Å². The van der Waals surface area contributed by atoms with E-state index in [-0.39, 0.29) is 11.9 Å². The van der Waals surface area contributed by atoms with Gasteiger partial charge >= 0.3 is 0 Å². The molecule has 1 saturated heterocycles. The Labute approximate surface area is 117 Å². The first-order valence-corrected chi connectivity index (χ1v) is 6.94. The average Bonchev–Trinajstić information content (AvgIpc) is 2.76. The van der Waals surface area contributed by atoms with E-state index in [1.54, 1.807) is 13.1 Å². The number of nitrogens with one attached hydrogen (secondary N) is 1. The predicted molar refractivity (Wildman–Crippen MR) is 77.6 cm³/mol. The molecule has 6 nitrogen and oxygen atoms in total. The lowest BCUT2D eigenvalue weighted by atomic mass is 10.1. The van der Waals surface area contributed by atoms with E-state index in [9.17, 15) is 4.79 Å². The maximum atomic E-state index is 11.2. The lowest BCUT2D eigenvalue weighted by molar-refractivity contribution is -0.119. The first-order valence-electron chi connectivity index (χ1n) is 6.94. The second kappa shape index (κ2) is 5.11. The van der Waals surface area contributed by atoms with E-state index >= 15 is 0 Å². The van der Waals surface area contributed by atoms with Crippen LogP contribution in [-0.2, 0) is 11.8 Å². The van der Waals surface area contributed by atoms with Gasteiger partial charge in [0, 0.05) is 39.3 Å². The van der Waals surface area contributed by atoms with Crippen LogP contribution in [0.15, 0.2) is 18.3 Å². The molecular weight excluding hydrogens is 254 g/mol.